The molecule has 0 aliphatic carbocycles. The third kappa shape index (κ3) is 4.20. The number of nitrogens with zero attached hydrogens (tertiary/aromatic N) is 2. The lowest BCUT2D eigenvalue weighted by molar-refractivity contribution is -0.131. The molecule has 0 saturated carbocycles. The summed E-state index contributed by atoms with van der Waals surface area (Å²) >= 11 is 1.77. The fourth-order valence-corrected chi connectivity index (χ4v) is 4.77. The lowest BCUT2D eigenvalue weighted by Crippen LogP contribution is -2.43. The van der Waals surface area contributed by atoms with E-state index in [1.807, 2.05) is 29.2 Å². The van der Waals surface area contributed by atoms with E-state index in [1.165, 1.54) is 15.3 Å². The molecule has 4 rings (SSSR count). The number of carbonyl (C=O) groups is 1. The van der Waals surface area contributed by atoms with Gasteiger partial charge in [0, 0.05) is 25.0 Å². The summed E-state index contributed by atoms with van der Waals surface area (Å²) in [5, 5.41) is 4.53. The maximum atomic E-state index is 12.7. The van der Waals surface area contributed by atoms with Crippen molar-refractivity contribution in [2.24, 2.45) is 0 Å². The summed E-state index contributed by atoms with van der Waals surface area (Å²) < 4.78 is 1.23. The first-order valence-corrected chi connectivity index (χ1v) is 10.4. The van der Waals surface area contributed by atoms with Gasteiger partial charge in [0.1, 0.15) is 0 Å². The van der Waals surface area contributed by atoms with E-state index in [1.54, 1.807) is 11.3 Å². The summed E-state index contributed by atoms with van der Waals surface area (Å²) in [6.45, 7) is 4.10. The number of nitrogens with one attached hydrogen (secondary N) is 1. The van der Waals surface area contributed by atoms with E-state index in [2.05, 4.69) is 42.6 Å². The first-order valence-electron chi connectivity index (χ1n) is 9.62. The van der Waals surface area contributed by atoms with Crippen molar-refractivity contribution in [1.82, 2.24) is 15.2 Å². The number of aromatic nitrogens is 1. The highest BCUT2D eigenvalue weighted by atomic mass is 32.1. The van der Waals surface area contributed by atoms with Gasteiger partial charge in [0.2, 0.25) is 5.91 Å². The van der Waals surface area contributed by atoms with Crippen molar-refractivity contribution in [1.29, 1.82) is 0 Å². The molecule has 4 nitrogen and oxygen atoms in total. The van der Waals surface area contributed by atoms with Gasteiger partial charge >= 0.3 is 0 Å². The van der Waals surface area contributed by atoms with Crippen LogP contribution in [0.5, 0.6) is 0 Å². The average Bonchev–Trinajstić information content (AvgIpc) is 3.17. The lowest BCUT2D eigenvalue weighted by Gasteiger charge is -2.32. The number of likely N-dealkylation sites (tertiary alicyclic amines) is 1. The van der Waals surface area contributed by atoms with E-state index in [0.717, 1.165) is 31.4 Å². The van der Waals surface area contributed by atoms with Crippen LogP contribution in [0.1, 0.15) is 42.3 Å². The van der Waals surface area contributed by atoms with Gasteiger partial charge in [-0.15, -0.1) is 11.3 Å². The number of fused-ring (bicyclic) bond motifs is 1. The summed E-state index contributed by atoms with van der Waals surface area (Å²) in [5.41, 5.74) is 2.27. The molecule has 5 heteroatoms. The first kappa shape index (κ1) is 18.1. The zero-order chi connectivity index (χ0) is 18.6. The van der Waals surface area contributed by atoms with Crippen LogP contribution in [0.3, 0.4) is 0 Å². The smallest absolute Gasteiger partial charge is 0.236 e. The second-order valence-electron chi connectivity index (χ2n) is 7.21. The molecule has 2 atom stereocenters. The topological polar surface area (TPSA) is 45.2 Å². The highest BCUT2D eigenvalue weighted by Crippen LogP contribution is 2.32. The maximum Gasteiger partial charge on any atom is 0.236 e. The number of carbonyl (C=O) groups excluding carboxylic acids is 1. The van der Waals surface area contributed by atoms with Crippen LogP contribution in [-0.4, -0.2) is 35.4 Å². The van der Waals surface area contributed by atoms with Gasteiger partial charge in [-0.3, -0.25) is 4.79 Å². The summed E-state index contributed by atoms with van der Waals surface area (Å²) in [6, 6.07) is 18.7. The van der Waals surface area contributed by atoms with E-state index in [4.69, 9.17) is 4.98 Å². The maximum absolute atomic E-state index is 12.7. The minimum atomic E-state index is 0.167. The molecular formula is C22H25N3OS. The SMILES string of the molecule is C[C@@H](NCC(=O)N1CCC[C@@H](c2nc3ccccc3s2)C1)c1ccccc1. The molecular weight excluding hydrogens is 354 g/mol. The van der Waals surface area contributed by atoms with Crippen LogP contribution in [0.25, 0.3) is 10.2 Å². The lowest BCUT2D eigenvalue weighted by atomic mass is 9.98. The standard InChI is InChI=1S/C22H25N3OS/c1-16(17-8-3-2-4-9-17)23-14-21(26)25-13-7-10-18(15-25)22-24-19-11-5-6-12-20(19)27-22/h2-6,8-9,11-12,16,18,23H,7,10,13-15H2,1H3/t16-,18-/m1/s1. The van der Waals surface area contributed by atoms with Gasteiger partial charge in [-0.05, 0) is 37.5 Å². The molecule has 0 unspecified atom stereocenters. The Morgan fingerprint density at radius 3 is 2.81 bits per heavy atom. The van der Waals surface area contributed by atoms with Crippen molar-refractivity contribution in [2.45, 2.75) is 31.7 Å². The zero-order valence-corrected chi connectivity index (χ0v) is 16.4. The second-order valence-corrected chi connectivity index (χ2v) is 8.27. The van der Waals surface area contributed by atoms with Crippen molar-refractivity contribution in [3.05, 3.63) is 65.2 Å². The first-order chi connectivity index (χ1) is 13.2. The molecule has 2 heterocycles. The molecule has 1 aliphatic heterocycles. The molecule has 0 radical (unpaired) electrons. The predicted molar refractivity (Wildman–Crippen MR) is 111 cm³/mol. The minimum Gasteiger partial charge on any atom is -0.341 e. The molecule has 1 amide bonds. The fourth-order valence-electron chi connectivity index (χ4n) is 3.68. The van der Waals surface area contributed by atoms with Crippen LogP contribution in [-0.2, 0) is 4.79 Å². The number of hydrogen-bond acceptors (Lipinski definition) is 4. The molecule has 3 aromatic rings. The number of amides is 1. The zero-order valence-electron chi connectivity index (χ0n) is 15.6. The van der Waals surface area contributed by atoms with E-state index in [0.29, 0.717) is 12.5 Å². The monoisotopic (exact) mass is 379 g/mol. The molecule has 27 heavy (non-hydrogen) atoms. The Morgan fingerprint density at radius 2 is 2.00 bits per heavy atom. The van der Waals surface area contributed by atoms with Gasteiger partial charge in [0.25, 0.3) is 0 Å². The van der Waals surface area contributed by atoms with Crippen LogP contribution >= 0.6 is 11.3 Å². The van der Waals surface area contributed by atoms with Crippen molar-refractivity contribution in [3.63, 3.8) is 0 Å². The van der Waals surface area contributed by atoms with Crippen molar-refractivity contribution >= 4 is 27.5 Å². The Morgan fingerprint density at radius 1 is 1.22 bits per heavy atom. The minimum absolute atomic E-state index is 0.167. The van der Waals surface area contributed by atoms with Crippen LogP contribution in [0.4, 0.5) is 0 Å². The second kappa shape index (κ2) is 8.19. The molecule has 140 valence electrons. The van der Waals surface area contributed by atoms with Gasteiger partial charge in [-0.1, -0.05) is 42.5 Å². The highest BCUT2D eigenvalue weighted by Gasteiger charge is 2.27. The molecule has 1 saturated heterocycles. The number of piperidine rings is 1. The molecule has 1 aliphatic rings. The summed E-state index contributed by atoms with van der Waals surface area (Å²) in [6.07, 6.45) is 2.15. The Bertz CT molecular complexity index is 875. The van der Waals surface area contributed by atoms with E-state index >= 15 is 0 Å². The Labute approximate surface area is 164 Å². The molecule has 0 bridgehead atoms. The Kier molecular flexibility index (Phi) is 5.50. The molecule has 0 spiro atoms. The van der Waals surface area contributed by atoms with Crippen molar-refractivity contribution < 1.29 is 4.79 Å². The van der Waals surface area contributed by atoms with Crippen LogP contribution in [0.15, 0.2) is 54.6 Å². The number of thiazole rings is 1. The Balaban J connectivity index is 1.36. The Hall–Kier alpha value is -2.24. The number of para-hydroxylation sites is 1. The fraction of sp³-hybridized carbons (Fsp3) is 0.364. The van der Waals surface area contributed by atoms with Gasteiger partial charge in [0.05, 0.1) is 21.8 Å². The van der Waals surface area contributed by atoms with Crippen LogP contribution < -0.4 is 5.32 Å². The van der Waals surface area contributed by atoms with Crippen LogP contribution in [0, 0.1) is 0 Å². The van der Waals surface area contributed by atoms with Gasteiger partial charge in [-0.25, -0.2) is 4.98 Å². The number of rotatable bonds is 5. The van der Waals surface area contributed by atoms with Crippen molar-refractivity contribution in [2.75, 3.05) is 19.6 Å². The van der Waals surface area contributed by atoms with E-state index < -0.39 is 0 Å². The van der Waals surface area contributed by atoms with E-state index in [9.17, 15) is 4.79 Å². The molecule has 1 N–H and O–H groups in total. The van der Waals surface area contributed by atoms with Gasteiger partial charge in [0.15, 0.2) is 0 Å². The molecule has 1 aromatic heterocycles. The number of hydrogen-bond donors (Lipinski definition) is 1. The van der Waals surface area contributed by atoms with Crippen LogP contribution in [0.2, 0.25) is 0 Å². The van der Waals surface area contributed by atoms with Gasteiger partial charge in [-0.2, -0.15) is 0 Å². The molecule has 2 aromatic carbocycles. The highest BCUT2D eigenvalue weighted by molar-refractivity contribution is 7.18. The third-order valence-electron chi connectivity index (χ3n) is 5.29. The molecule has 1 fully saturated rings. The predicted octanol–water partition coefficient (Wildman–Crippen LogP) is 4.35. The third-order valence-corrected chi connectivity index (χ3v) is 6.49. The van der Waals surface area contributed by atoms with E-state index in [-0.39, 0.29) is 11.9 Å². The quantitative estimate of drug-likeness (QED) is 0.717. The normalized spacial score (nSPS) is 18.6. The summed E-state index contributed by atoms with van der Waals surface area (Å²) in [4.78, 5) is 19.5. The van der Waals surface area contributed by atoms with Gasteiger partial charge < -0.3 is 10.2 Å². The number of benzene rings is 2. The summed E-state index contributed by atoms with van der Waals surface area (Å²) in [7, 11) is 0. The summed E-state index contributed by atoms with van der Waals surface area (Å²) in [5.74, 6) is 0.537. The van der Waals surface area contributed by atoms with Crippen molar-refractivity contribution in [3.8, 4) is 0 Å². The average molecular weight is 380 g/mol. The largest absolute Gasteiger partial charge is 0.341 e.